The lowest BCUT2D eigenvalue weighted by Crippen LogP contribution is -2.32. The number of nitrogens with one attached hydrogen (secondary N) is 2. The first kappa shape index (κ1) is 16.7. The number of hydrogen-bond acceptors (Lipinski definition) is 4. The summed E-state index contributed by atoms with van der Waals surface area (Å²) < 4.78 is 7.17. The molecular weight excluding hydrogens is 308 g/mol. The Kier molecular flexibility index (Phi) is 4.71. The lowest BCUT2D eigenvalue weighted by molar-refractivity contribution is -0.121. The minimum absolute atomic E-state index is 0.0488. The Hall–Kier alpha value is -2.15. The van der Waals surface area contributed by atoms with E-state index in [1.54, 1.807) is 4.68 Å². The van der Waals surface area contributed by atoms with E-state index in [0.29, 0.717) is 24.9 Å². The molecule has 0 bridgehead atoms. The molecule has 2 aromatic heterocycles. The van der Waals surface area contributed by atoms with Gasteiger partial charge in [0.25, 0.3) is 5.56 Å². The number of carbonyl (C=O) groups excluding carboxylic acids is 1. The maximum Gasteiger partial charge on any atom is 0.253 e. The van der Waals surface area contributed by atoms with Crippen molar-refractivity contribution >= 4 is 16.9 Å². The Bertz CT molecular complexity index is 815. The number of nitrogens with zero attached hydrogens (tertiary/aromatic N) is 2. The monoisotopic (exact) mass is 332 g/mol. The summed E-state index contributed by atoms with van der Waals surface area (Å²) in [6, 6.07) is 0. The molecule has 1 saturated heterocycles. The van der Waals surface area contributed by atoms with Crippen LogP contribution in [0.25, 0.3) is 11.0 Å². The molecule has 1 amide bonds. The third kappa shape index (κ3) is 3.21. The predicted molar refractivity (Wildman–Crippen MR) is 91.1 cm³/mol. The zero-order valence-corrected chi connectivity index (χ0v) is 14.4. The largest absolute Gasteiger partial charge is 0.376 e. The molecule has 3 heterocycles. The Morgan fingerprint density at radius 2 is 2.25 bits per heavy atom. The second kappa shape index (κ2) is 6.76. The standard InChI is InChI=1S/C17H24N4O3/c1-10-13(6-7-14(22)18-9-12-5-4-8-24-12)17(23)19-16-15(10)11(2)20-21(16)3/h12H,4-9H2,1-3H3,(H,18,22)(H,19,23)/t12-/m0/s1. The molecule has 24 heavy (non-hydrogen) atoms. The number of fused-ring (bicyclic) bond motifs is 1. The van der Waals surface area contributed by atoms with Gasteiger partial charge in [-0.05, 0) is 38.7 Å². The van der Waals surface area contributed by atoms with Crippen LogP contribution in [0.3, 0.4) is 0 Å². The fourth-order valence-electron chi connectivity index (χ4n) is 3.42. The van der Waals surface area contributed by atoms with E-state index >= 15 is 0 Å². The molecular formula is C17H24N4O3. The van der Waals surface area contributed by atoms with E-state index in [-0.39, 0.29) is 17.6 Å². The molecule has 7 nitrogen and oxygen atoms in total. The van der Waals surface area contributed by atoms with Crippen molar-refractivity contribution in [3.8, 4) is 0 Å². The average Bonchev–Trinajstić information content (AvgIpc) is 3.13. The van der Waals surface area contributed by atoms with Crippen molar-refractivity contribution < 1.29 is 9.53 Å². The van der Waals surface area contributed by atoms with E-state index in [9.17, 15) is 9.59 Å². The van der Waals surface area contributed by atoms with Crippen LogP contribution in [0.2, 0.25) is 0 Å². The second-order valence-corrected chi connectivity index (χ2v) is 6.43. The first-order valence-electron chi connectivity index (χ1n) is 8.40. The molecule has 2 aromatic rings. The summed E-state index contributed by atoms with van der Waals surface area (Å²) in [5.74, 6) is -0.0488. The number of ether oxygens (including phenoxy) is 1. The normalized spacial score (nSPS) is 17.5. The average molecular weight is 332 g/mol. The number of aromatic amines is 1. The molecule has 1 aliphatic heterocycles. The van der Waals surface area contributed by atoms with Crippen LogP contribution in [0, 0.1) is 13.8 Å². The smallest absolute Gasteiger partial charge is 0.253 e. The van der Waals surface area contributed by atoms with Gasteiger partial charge in [-0.2, -0.15) is 5.10 Å². The highest BCUT2D eigenvalue weighted by atomic mass is 16.5. The summed E-state index contributed by atoms with van der Waals surface area (Å²) in [7, 11) is 1.81. The first-order valence-corrected chi connectivity index (χ1v) is 8.40. The lowest BCUT2D eigenvalue weighted by atomic mass is 10.0. The second-order valence-electron chi connectivity index (χ2n) is 6.43. The zero-order valence-electron chi connectivity index (χ0n) is 14.4. The van der Waals surface area contributed by atoms with Gasteiger partial charge in [0.05, 0.1) is 11.8 Å². The van der Waals surface area contributed by atoms with Gasteiger partial charge >= 0.3 is 0 Å². The van der Waals surface area contributed by atoms with Crippen LogP contribution in [-0.4, -0.2) is 39.9 Å². The Labute approximate surface area is 140 Å². The van der Waals surface area contributed by atoms with Crippen molar-refractivity contribution in [2.75, 3.05) is 13.2 Å². The van der Waals surface area contributed by atoms with Crippen molar-refractivity contribution in [2.45, 2.75) is 45.6 Å². The molecule has 1 aliphatic rings. The van der Waals surface area contributed by atoms with Crippen LogP contribution in [0.15, 0.2) is 4.79 Å². The minimum atomic E-state index is -0.144. The van der Waals surface area contributed by atoms with Crippen molar-refractivity contribution in [1.82, 2.24) is 20.1 Å². The van der Waals surface area contributed by atoms with Crippen LogP contribution in [-0.2, 0) is 23.0 Å². The number of amides is 1. The molecule has 3 rings (SSSR count). The number of hydrogen-bond donors (Lipinski definition) is 2. The molecule has 0 saturated carbocycles. The van der Waals surface area contributed by atoms with E-state index in [1.807, 2.05) is 20.9 Å². The highest BCUT2D eigenvalue weighted by Gasteiger charge is 2.18. The molecule has 1 atom stereocenters. The van der Waals surface area contributed by atoms with Gasteiger partial charge < -0.3 is 15.0 Å². The van der Waals surface area contributed by atoms with Crippen molar-refractivity contribution in [1.29, 1.82) is 0 Å². The number of rotatable bonds is 5. The van der Waals surface area contributed by atoms with Crippen LogP contribution in [0.4, 0.5) is 0 Å². The summed E-state index contributed by atoms with van der Waals surface area (Å²) >= 11 is 0. The van der Waals surface area contributed by atoms with E-state index in [2.05, 4.69) is 15.4 Å². The van der Waals surface area contributed by atoms with Gasteiger partial charge in [-0.1, -0.05) is 0 Å². The Balaban J connectivity index is 1.69. The molecule has 0 aromatic carbocycles. The molecule has 0 unspecified atom stereocenters. The predicted octanol–water partition coefficient (Wildman–Crippen LogP) is 1.11. The molecule has 2 N–H and O–H groups in total. The van der Waals surface area contributed by atoms with E-state index in [4.69, 9.17) is 4.74 Å². The highest BCUT2D eigenvalue weighted by Crippen LogP contribution is 2.21. The molecule has 0 spiro atoms. The third-order valence-corrected chi connectivity index (χ3v) is 4.71. The van der Waals surface area contributed by atoms with Crippen molar-refractivity contribution in [3.63, 3.8) is 0 Å². The molecule has 0 aliphatic carbocycles. The number of H-pyrrole nitrogens is 1. The van der Waals surface area contributed by atoms with Gasteiger partial charge in [-0.3, -0.25) is 14.3 Å². The van der Waals surface area contributed by atoms with Gasteiger partial charge in [-0.15, -0.1) is 0 Å². The number of aryl methyl sites for hydroxylation is 3. The van der Waals surface area contributed by atoms with Gasteiger partial charge in [0.15, 0.2) is 0 Å². The summed E-state index contributed by atoms with van der Waals surface area (Å²) in [5, 5.41) is 8.21. The van der Waals surface area contributed by atoms with Crippen LogP contribution < -0.4 is 10.9 Å². The van der Waals surface area contributed by atoms with Gasteiger partial charge in [0.1, 0.15) is 5.65 Å². The maximum absolute atomic E-state index is 12.3. The fourth-order valence-corrected chi connectivity index (χ4v) is 3.42. The van der Waals surface area contributed by atoms with Gasteiger partial charge in [-0.25, -0.2) is 0 Å². The summed E-state index contributed by atoms with van der Waals surface area (Å²) in [5.41, 5.74) is 3.03. The van der Waals surface area contributed by atoms with Gasteiger partial charge in [0, 0.05) is 37.6 Å². The quantitative estimate of drug-likeness (QED) is 0.858. The summed E-state index contributed by atoms with van der Waals surface area (Å²) in [4.78, 5) is 27.3. The van der Waals surface area contributed by atoms with Crippen LogP contribution >= 0.6 is 0 Å². The van der Waals surface area contributed by atoms with Gasteiger partial charge in [0.2, 0.25) is 5.91 Å². The van der Waals surface area contributed by atoms with E-state index < -0.39 is 0 Å². The summed E-state index contributed by atoms with van der Waals surface area (Å²) in [6.07, 6.45) is 2.90. The number of pyridine rings is 1. The maximum atomic E-state index is 12.3. The molecule has 130 valence electrons. The molecule has 0 radical (unpaired) electrons. The Morgan fingerprint density at radius 3 is 2.96 bits per heavy atom. The molecule has 1 fully saturated rings. The van der Waals surface area contributed by atoms with E-state index in [0.717, 1.165) is 41.7 Å². The Morgan fingerprint density at radius 1 is 1.46 bits per heavy atom. The number of carbonyl (C=O) groups is 1. The van der Waals surface area contributed by atoms with Crippen LogP contribution in [0.1, 0.15) is 36.1 Å². The SMILES string of the molecule is Cc1nn(C)c2[nH]c(=O)c(CCC(=O)NC[C@@H]3CCCO3)c(C)c12. The number of aromatic nitrogens is 3. The van der Waals surface area contributed by atoms with Crippen LogP contribution in [0.5, 0.6) is 0 Å². The summed E-state index contributed by atoms with van der Waals surface area (Å²) in [6.45, 7) is 5.17. The first-order chi connectivity index (χ1) is 11.5. The van der Waals surface area contributed by atoms with E-state index in [1.165, 1.54) is 0 Å². The topological polar surface area (TPSA) is 89.0 Å². The molecule has 7 heteroatoms. The highest BCUT2D eigenvalue weighted by molar-refractivity contribution is 5.83. The van der Waals surface area contributed by atoms with Crippen molar-refractivity contribution in [3.05, 3.63) is 27.2 Å². The minimum Gasteiger partial charge on any atom is -0.376 e. The lowest BCUT2D eigenvalue weighted by Gasteiger charge is -2.11. The third-order valence-electron chi connectivity index (χ3n) is 4.71. The van der Waals surface area contributed by atoms with Crippen molar-refractivity contribution in [2.24, 2.45) is 7.05 Å². The zero-order chi connectivity index (χ0) is 17.3. The fraction of sp³-hybridized carbons (Fsp3) is 0.588.